The van der Waals surface area contributed by atoms with Crippen LogP contribution >= 0.6 is 11.3 Å². The molecule has 0 amide bonds. The quantitative estimate of drug-likeness (QED) is 0.726. The highest BCUT2D eigenvalue weighted by Gasteiger charge is 2.19. The van der Waals surface area contributed by atoms with Crippen molar-refractivity contribution in [3.05, 3.63) is 21.9 Å². The number of nitrogens with one attached hydrogen (secondary N) is 1. The molecule has 1 saturated carbocycles. The number of aryl methyl sites for hydroxylation is 1. The molecule has 18 heavy (non-hydrogen) atoms. The van der Waals surface area contributed by atoms with Gasteiger partial charge in [0.25, 0.3) is 0 Å². The fraction of sp³-hybridized carbons (Fsp3) is 0.750. The highest BCUT2D eigenvalue weighted by atomic mass is 32.1. The Hall–Kier alpha value is -0.340. The average molecular weight is 265 g/mol. The summed E-state index contributed by atoms with van der Waals surface area (Å²) in [6.45, 7) is 5.66. The molecule has 1 N–H and O–H groups in total. The summed E-state index contributed by atoms with van der Waals surface area (Å²) in [5, 5.41) is 5.98. The summed E-state index contributed by atoms with van der Waals surface area (Å²) in [4.78, 5) is 1.50. The van der Waals surface area contributed by atoms with Gasteiger partial charge in [-0.1, -0.05) is 32.6 Å². The van der Waals surface area contributed by atoms with Gasteiger partial charge in [-0.2, -0.15) is 0 Å². The molecule has 0 bridgehead atoms. The third-order valence-corrected chi connectivity index (χ3v) is 5.11. The summed E-state index contributed by atoms with van der Waals surface area (Å²) < 4.78 is 0. The Morgan fingerprint density at radius 2 is 2.17 bits per heavy atom. The van der Waals surface area contributed by atoms with E-state index in [9.17, 15) is 0 Å². The number of rotatable bonds is 7. The summed E-state index contributed by atoms with van der Waals surface area (Å²) in [5.41, 5.74) is 1.55. The van der Waals surface area contributed by atoms with Crippen LogP contribution in [0.25, 0.3) is 0 Å². The molecule has 0 spiro atoms. The van der Waals surface area contributed by atoms with Crippen molar-refractivity contribution in [1.29, 1.82) is 0 Å². The van der Waals surface area contributed by atoms with Crippen molar-refractivity contribution in [1.82, 2.24) is 5.32 Å². The van der Waals surface area contributed by atoms with E-state index >= 15 is 0 Å². The minimum atomic E-state index is 0.594. The molecule has 0 radical (unpaired) electrons. The van der Waals surface area contributed by atoms with Crippen molar-refractivity contribution >= 4 is 11.3 Å². The molecule has 1 unspecified atom stereocenters. The van der Waals surface area contributed by atoms with E-state index < -0.39 is 0 Å². The highest BCUT2D eigenvalue weighted by molar-refractivity contribution is 7.10. The molecular formula is C16H27NS. The van der Waals surface area contributed by atoms with E-state index in [-0.39, 0.29) is 0 Å². The lowest BCUT2D eigenvalue weighted by molar-refractivity contribution is 0.411. The van der Waals surface area contributed by atoms with E-state index in [1.807, 2.05) is 11.3 Å². The van der Waals surface area contributed by atoms with Crippen LogP contribution in [0, 0.1) is 12.8 Å². The Morgan fingerprint density at radius 3 is 2.78 bits per heavy atom. The van der Waals surface area contributed by atoms with Crippen LogP contribution < -0.4 is 5.32 Å². The monoisotopic (exact) mass is 265 g/mol. The van der Waals surface area contributed by atoms with Gasteiger partial charge in [0.05, 0.1) is 0 Å². The summed E-state index contributed by atoms with van der Waals surface area (Å²) in [5.74, 6) is 1.01. The Bertz CT molecular complexity index is 339. The van der Waals surface area contributed by atoms with Gasteiger partial charge < -0.3 is 5.32 Å². The molecule has 2 rings (SSSR count). The van der Waals surface area contributed by atoms with Crippen LogP contribution in [0.2, 0.25) is 0 Å². The van der Waals surface area contributed by atoms with Gasteiger partial charge in [-0.15, -0.1) is 11.3 Å². The minimum absolute atomic E-state index is 0.594. The van der Waals surface area contributed by atoms with E-state index in [4.69, 9.17) is 0 Å². The molecule has 1 fully saturated rings. The van der Waals surface area contributed by atoms with Crippen LogP contribution in [0.15, 0.2) is 11.4 Å². The molecule has 0 aliphatic heterocycles. The molecule has 1 aromatic heterocycles. The molecule has 102 valence electrons. The summed E-state index contributed by atoms with van der Waals surface area (Å²) in [6.07, 6.45) is 9.85. The lowest BCUT2D eigenvalue weighted by Gasteiger charge is -2.20. The van der Waals surface area contributed by atoms with E-state index in [0.29, 0.717) is 6.04 Å². The Kier molecular flexibility index (Phi) is 5.71. The Labute approximate surface area is 116 Å². The van der Waals surface area contributed by atoms with Crippen LogP contribution in [0.3, 0.4) is 0 Å². The maximum atomic E-state index is 3.74. The number of hydrogen-bond donors (Lipinski definition) is 1. The van der Waals surface area contributed by atoms with Gasteiger partial charge in [-0.3, -0.25) is 0 Å². The van der Waals surface area contributed by atoms with Crippen LogP contribution in [-0.4, -0.2) is 6.54 Å². The first-order chi connectivity index (χ1) is 8.81. The average Bonchev–Trinajstić information content (AvgIpc) is 3.01. The first-order valence-corrected chi connectivity index (χ1v) is 8.46. The van der Waals surface area contributed by atoms with Crippen LogP contribution in [0.5, 0.6) is 0 Å². The minimum Gasteiger partial charge on any atom is -0.310 e. The first kappa shape index (κ1) is 14.1. The van der Waals surface area contributed by atoms with Gasteiger partial charge in [0, 0.05) is 10.9 Å². The maximum absolute atomic E-state index is 3.74. The fourth-order valence-electron chi connectivity index (χ4n) is 3.14. The second-order valence-electron chi connectivity index (χ2n) is 5.67. The van der Waals surface area contributed by atoms with Crippen LogP contribution in [0.1, 0.15) is 68.4 Å². The SMILES string of the molecule is CCCNC(CCC1CCCC1)c1ccsc1C. The summed E-state index contributed by atoms with van der Waals surface area (Å²) in [6, 6.07) is 2.92. The van der Waals surface area contributed by atoms with Crippen molar-refractivity contribution in [2.24, 2.45) is 5.92 Å². The maximum Gasteiger partial charge on any atom is 0.0331 e. The molecule has 1 heterocycles. The van der Waals surface area contributed by atoms with Crippen LogP contribution in [-0.2, 0) is 0 Å². The third kappa shape index (κ3) is 3.83. The smallest absolute Gasteiger partial charge is 0.0331 e. The zero-order valence-electron chi connectivity index (χ0n) is 11.9. The third-order valence-electron chi connectivity index (χ3n) is 4.25. The van der Waals surface area contributed by atoms with Gasteiger partial charge in [0.2, 0.25) is 0 Å². The van der Waals surface area contributed by atoms with Crippen molar-refractivity contribution < 1.29 is 0 Å². The predicted octanol–water partition coefficient (Wildman–Crippen LogP) is 5.07. The van der Waals surface area contributed by atoms with Crippen LogP contribution in [0.4, 0.5) is 0 Å². The fourth-order valence-corrected chi connectivity index (χ4v) is 3.91. The zero-order chi connectivity index (χ0) is 12.8. The normalized spacial score (nSPS) is 18.3. The summed E-state index contributed by atoms with van der Waals surface area (Å²) >= 11 is 1.88. The molecular weight excluding hydrogens is 238 g/mol. The van der Waals surface area contributed by atoms with E-state index in [2.05, 4.69) is 30.6 Å². The highest BCUT2D eigenvalue weighted by Crippen LogP contribution is 2.33. The van der Waals surface area contributed by atoms with E-state index in [1.165, 1.54) is 49.8 Å². The van der Waals surface area contributed by atoms with Gasteiger partial charge in [0.1, 0.15) is 0 Å². The number of hydrogen-bond acceptors (Lipinski definition) is 2. The number of thiophene rings is 1. The van der Waals surface area contributed by atoms with Gasteiger partial charge in [-0.05, 0) is 55.7 Å². The largest absolute Gasteiger partial charge is 0.310 e. The molecule has 1 aromatic rings. The second kappa shape index (κ2) is 7.30. The van der Waals surface area contributed by atoms with Crippen molar-refractivity contribution in [3.8, 4) is 0 Å². The molecule has 0 aromatic carbocycles. The standard InChI is InChI=1S/C16H27NS/c1-3-11-17-16(15-10-12-18-13(15)2)9-8-14-6-4-5-7-14/h10,12,14,16-17H,3-9,11H2,1-2H3. The molecule has 1 aliphatic carbocycles. The summed E-state index contributed by atoms with van der Waals surface area (Å²) in [7, 11) is 0. The Balaban J connectivity index is 1.90. The van der Waals surface area contributed by atoms with Crippen molar-refractivity contribution in [2.45, 2.75) is 64.8 Å². The second-order valence-corrected chi connectivity index (χ2v) is 6.79. The lowest BCUT2D eigenvalue weighted by atomic mass is 9.95. The van der Waals surface area contributed by atoms with Crippen molar-refractivity contribution in [2.75, 3.05) is 6.54 Å². The molecule has 0 saturated heterocycles. The van der Waals surface area contributed by atoms with Gasteiger partial charge in [0.15, 0.2) is 0 Å². The van der Waals surface area contributed by atoms with E-state index in [1.54, 1.807) is 5.56 Å². The first-order valence-electron chi connectivity index (χ1n) is 7.58. The topological polar surface area (TPSA) is 12.0 Å². The molecule has 1 nitrogen and oxygen atoms in total. The van der Waals surface area contributed by atoms with Gasteiger partial charge in [-0.25, -0.2) is 0 Å². The molecule has 1 atom stereocenters. The van der Waals surface area contributed by atoms with Gasteiger partial charge >= 0.3 is 0 Å². The lowest BCUT2D eigenvalue weighted by Crippen LogP contribution is -2.22. The zero-order valence-corrected chi connectivity index (χ0v) is 12.7. The Morgan fingerprint density at radius 1 is 1.39 bits per heavy atom. The molecule has 1 aliphatic rings. The predicted molar refractivity (Wildman–Crippen MR) is 81.3 cm³/mol. The molecule has 2 heteroatoms. The van der Waals surface area contributed by atoms with E-state index in [0.717, 1.165) is 12.5 Å². The van der Waals surface area contributed by atoms with Crippen molar-refractivity contribution in [3.63, 3.8) is 0 Å².